The van der Waals surface area contributed by atoms with Crippen LogP contribution in [0.15, 0.2) is 78.9 Å². The molecule has 0 aromatic heterocycles. The number of imide groups is 1. The fourth-order valence-electron chi connectivity index (χ4n) is 5.43. The van der Waals surface area contributed by atoms with Crippen molar-refractivity contribution >= 4 is 35.1 Å². The molecular weight excluding hydrogens is 520 g/mol. The molecule has 9 heteroatoms. The Hall–Kier alpha value is -4.50. The Kier molecular flexibility index (Phi) is 7.64. The van der Waals surface area contributed by atoms with E-state index in [9.17, 15) is 19.2 Å². The van der Waals surface area contributed by atoms with Gasteiger partial charge in [-0.3, -0.25) is 19.7 Å². The van der Waals surface area contributed by atoms with Crippen LogP contribution in [0.25, 0.3) is 0 Å². The minimum absolute atomic E-state index is 0.183. The second-order valence-electron chi connectivity index (χ2n) is 11.3. The number of carbonyl (C=O) groups excluding carboxylic acids is 4. The van der Waals surface area contributed by atoms with Gasteiger partial charge in [0.25, 0.3) is 5.91 Å². The summed E-state index contributed by atoms with van der Waals surface area (Å²) < 4.78 is 5.90. The maximum atomic E-state index is 13.8. The van der Waals surface area contributed by atoms with Crippen LogP contribution in [0.4, 0.5) is 16.2 Å². The topological polar surface area (TPSA) is 108 Å². The van der Waals surface area contributed by atoms with Crippen molar-refractivity contribution in [3.8, 4) is 0 Å². The highest BCUT2D eigenvalue weighted by atomic mass is 16.5. The second kappa shape index (κ2) is 11.2. The van der Waals surface area contributed by atoms with Gasteiger partial charge in [0.05, 0.1) is 18.6 Å². The number of amides is 5. The van der Waals surface area contributed by atoms with E-state index in [1.807, 2.05) is 74.5 Å². The van der Waals surface area contributed by atoms with E-state index < -0.39 is 17.0 Å². The fraction of sp³-hybridized carbons (Fsp3) is 0.312. The first-order valence-corrected chi connectivity index (χ1v) is 13.6. The third-order valence-electron chi connectivity index (χ3n) is 7.81. The van der Waals surface area contributed by atoms with E-state index in [2.05, 4.69) is 10.6 Å². The maximum Gasteiger partial charge on any atom is 0.324 e. The number of rotatable bonds is 9. The quantitative estimate of drug-likeness (QED) is 0.390. The number of benzene rings is 3. The monoisotopic (exact) mass is 554 g/mol. The van der Waals surface area contributed by atoms with Gasteiger partial charge in [0.1, 0.15) is 12.1 Å². The lowest BCUT2D eigenvalue weighted by Crippen LogP contribution is -2.48. The standard InChI is InChI=1S/C32H34N4O5/c1-31(2,21-41-20-22-10-6-4-7-11-22)29(39)36(26-12-8-5-9-13-26)19-27(37)33-25-15-14-23-17-32(18-24(23)16-25)28(38)34-30(40)35(32)3/h4-16H,17-21H2,1-3H3,(H,33,37)(H,34,38,40). The van der Waals surface area contributed by atoms with Crippen LogP contribution in [0.1, 0.15) is 30.5 Å². The van der Waals surface area contributed by atoms with Crippen LogP contribution in [-0.4, -0.2) is 54.4 Å². The summed E-state index contributed by atoms with van der Waals surface area (Å²) in [6.07, 6.45) is 0.786. The average Bonchev–Trinajstić information content (AvgIpc) is 3.44. The third kappa shape index (κ3) is 5.71. The predicted molar refractivity (Wildman–Crippen MR) is 155 cm³/mol. The molecule has 9 nitrogen and oxygen atoms in total. The van der Waals surface area contributed by atoms with E-state index in [4.69, 9.17) is 4.74 Å². The SMILES string of the molecule is CN1C(=O)NC(=O)C12Cc1ccc(NC(=O)CN(C(=O)C(C)(C)COCc3ccccc3)c3ccccc3)cc1C2. The lowest BCUT2D eigenvalue weighted by Gasteiger charge is -2.31. The largest absolute Gasteiger partial charge is 0.376 e. The number of nitrogens with one attached hydrogen (secondary N) is 2. The zero-order valence-electron chi connectivity index (χ0n) is 23.5. The van der Waals surface area contributed by atoms with Crippen molar-refractivity contribution in [3.05, 3.63) is 95.6 Å². The van der Waals surface area contributed by atoms with Crippen molar-refractivity contribution in [1.82, 2.24) is 10.2 Å². The van der Waals surface area contributed by atoms with Gasteiger partial charge in [-0.25, -0.2) is 4.79 Å². The first kappa shape index (κ1) is 28.0. The van der Waals surface area contributed by atoms with Gasteiger partial charge < -0.3 is 19.9 Å². The molecule has 5 amide bonds. The molecule has 1 unspecified atom stereocenters. The summed E-state index contributed by atoms with van der Waals surface area (Å²) in [6, 6.07) is 23.9. The van der Waals surface area contributed by atoms with Crippen LogP contribution in [-0.2, 0) is 38.6 Å². The van der Waals surface area contributed by atoms with Crippen LogP contribution in [0, 0.1) is 5.41 Å². The van der Waals surface area contributed by atoms with Gasteiger partial charge in [-0.05, 0) is 54.8 Å². The van der Waals surface area contributed by atoms with Gasteiger partial charge in [0.15, 0.2) is 0 Å². The number of likely N-dealkylation sites (N-methyl/N-ethyl adjacent to an activating group) is 1. The minimum Gasteiger partial charge on any atom is -0.376 e. The molecule has 0 bridgehead atoms. The Morgan fingerprint density at radius 2 is 1.63 bits per heavy atom. The summed E-state index contributed by atoms with van der Waals surface area (Å²) in [5.74, 6) is -0.899. The molecule has 3 aromatic rings. The number of carbonyl (C=O) groups is 4. The Balaban J connectivity index is 1.27. The highest BCUT2D eigenvalue weighted by Gasteiger charge is 2.54. The van der Waals surface area contributed by atoms with Crippen LogP contribution in [0.2, 0.25) is 0 Å². The fourth-order valence-corrected chi connectivity index (χ4v) is 5.43. The summed E-state index contributed by atoms with van der Waals surface area (Å²) >= 11 is 0. The van der Waals surface area contributed by atoms with Crippen molar-refractivity contribution in [1.29, 1.82) is 0 Å². The van der Waals surface area contributed by atoms with Gasteiger partial charge in [-0.2, -0.15) is 0 Å². The smallest absolute Gasteiger partial charge is 0.324 e. The number of fused-ring (bicyclic) bond motifs is 1. The molecule has 1 aliphatic carbocycles. The van der Waals surface area contributed by atoms with E-state index in [-0.39, 0.29) is 30.9 Å². The van der Waals surface area contributed by atoms with Gasteiger partial charge in [0, 0.05) is 31.3 Å². The Bertz CT molecular complexity index is 1470. The zero-order chi connectivity index (χ0) is 29.2. The molecule has 2 aliphatic rings. The van der Waals surface area contributed by atoms with Gasteiger partial charge in [-0.1, -0.05) is 54.6 Å². The molecule has 1 saturated heterocycles. The summed E-state index contributed by atoms with van der Waals surface area (Å²) in [5.41, 5.74) is 2.21. The van der Waals surface area contributed by atoms with Crippen molar-refractivity contribution in [2.45, 2.75) is 38.8 Å². The number of urea groups is 1. The van der Waals surface area contributed by atoms with Crippen molar-refractivity contribution in [3.63, 3.8) is 0 Å². The molecule has 1 aliphatic heterocycles. The van der Waals surface area contributed by atoms with Gasteiger partial charge in [0.2, 0.25) is 11.8 Å². The Morgan fingerprint density at radius 3 is 2.29 bits per heavy atom. The third-order valence-corrected chi connectivity index (χ3v) is 7.81. The number of hydrogen-bond donors (Lipinski definition) is 2. The van der Waals surface area contributed by atoms with Gasteiger partial charge in [-0.15, -0.1) is 0 Å². The molecule has 1 atom stereocenters. The first-order chi connectivity index (χ1) is 19.6. The van der Waals surface area contributed by atoms with Crippen molar-refractivity contribution < 1.29 is 23.9 Å². The average molecular weight is 555 g/mol. The summed E-state index contributed by atoms with van der Waals surface area (Å²) in [6.45, 7) is 4.00. The van der Waals surface area contributed by atoms with E-state index >= 15 is 0 Å². The first-order valence-electron chi connectivity index (χ1n) is 13.6. The van der Waals surface area contributed by atoms with E-state index in [0.717, 1.165) is 16.7 Å². The van der Waals surface area contributed by atoms with E-state index in [1.165, 1.54) is 9.80 Å². The Morgan fingerprint density at radius 1 is 0.976 bits per heavy atom. The molecular formula is C32H34N4O5. The predicted octanol–water partition coefficient (Wildman–Crippen LogP) is 3.92. The Labute approximate surface area is 239 Å². The summed E-state index contributed by atoms with van der Waals surface area (Å²) in [4.78, 5) is 54.7. The normalized spacial score (nSPS) is 17.9. The molecule has 3 aromatic carbocycles. The summed E-state index contributed by atoms with van der Waals surface area (Å²) in [7, 11) is 1.62. The molecule has 1 heterocycles. The molecule has 2 N–H and O–H groups in total. The highest BCUT2D eigenvalue weighted by molar-refractivity contribution is 6.08. The number of ether oxygens (including phenoxy) is 1. The van der Waals surface area contributed by atoms with E-state index in [1.54, 1.807) is 25.2 Å². The van der Waals surface area contributed by atoms with Crippen LogP contribution >= 0.6 is 0 Å². The number of anilines is 2. The van der Waals surface area contributed by atoms with Crippen molar-refractivity contribution in [2.75, 3.05) is 30.4 Å². The van der Waals surface area contributed by atoms with E-state index in [0.29, 0.717) is 30.8 Å². The van der Waals surface area contributed by atoms with Crippen LogP contribution in [0.3, 0.4) is 0 Å². The van der Waals surface area contributed by atoms with Crippen LogP contribution < -0.4 is 15.5 Å². The highest BCUT2D eigenvalue weighted by Crippen LogP contribution is 2.38. The molecule has 212 valence electrons. The number of para-hydroxylation sites is 1. The molecule has 5 rings (SSSR count). The number of nitrogens with zero attached hydrogens (tertiary/aromatic N) is 2. The molecule has 0 radical (unpaired) electrons. The van der Waals surface area contributed by atoms with Gasteiger partial charge >= 0.3 is 6.03 Å². The lowest BCUT2D eigenvalue weighted by molar-refractivity contribution is -0.131. The zero-order valence-corrected chi connectivity index (χ0v) is 23.5. The summed E-state index contributed by atoms with van der Waals surface area (Å²) in [5, 5.41) is 5.30. The lowest BCUT2D eigenvalue weighted by atomic mass is 9.92. The van der Waals surface area contributed by atoms with Crippen molar-refractivity contribution in [2.24, 2.45) is 5.41 Å². The molecule has 1 spiro atoms. The minimum atomic E-state index is -0.938. The number of hydrogen-bond acceptors (Lipinski definition) is 5. The molecule has 0 saturated carbocycles. The molecule has 1 fully saturated rings. The molecule has 41 heavy (non-hydrogen) atoms. The second-order valence-corrected chi connectivity index (χ2v) is 11.3. The maximum absolute atomic E-state index is 13.8. The van der Waals surface area contributed by atoms with Crippen LogP contribution in [0.5, 0.6) is 0 Å².